The molecule has 2 aromatic heterocycles. The van der Waals surface area contributed by atoms with Crippen LogP contribution in [0.2, 0.25) is 0 Å². The van der Waals surface area contributed by atoms with Crippen molar-refractivity contribution >= 4 is 28.3 Å². The first-order valence-electron chi connectivity index (χ1n) is 5.32. The minimum absolute atomic E-state index is 0.00968. The van der Waals surface area contributed by atoms with Crippen LogP contribution in [0.5, 0.6) is 0 Å². The number of anilines is 1. The smallest absolute Gasteiger partial charge is 0.304 e. The summed E-state index contributed by atoms with van der Waals surface area (Å²) in [6.45, 7) is 0.126. The van der Waals surface area contributed by atoms with Gasteiger partial charge in [0.15, 0.2) is 11.6 Å². The lowest BCUT2D eigenvalue weighted by atomic mass is 10.3. The monoisotopic (exact) mass is 282 g/mol. The summed E-state index contributed by atoms with van der Waals surface area (Å²) in [6.07, 6.45) is 0. The Kier molecular flexibility index (Phi) is 2.59. The Morgan fingerprint density at radius 3 is 2.89 bits per heavy atom. The molecule has 0 bridgehead atoms. The quantitative estimate of drug-likeness (QED) is 0.751. The molecule has 8 heteroatoms. The third-order valence-electron chi connectivity index (χ3n) is 2.73. The number of thiazole rings is 1. The van der Waals surface area contributed by atoms with E-state index in [0.29, 0.717) is 5.69 Å². The Hall–Kier alpha value is -2.22. The van der Waals surface area contributed by atoms with Gasteiger partial charge in [0.25, 0.3) is 0 Å². The van der Waals surface area contributed by atoms with E-state index in [-0.39, 0.29) is 28.4 Å². The van der Waals surface area contributed by atoms with E-state index in [1.165, 1.54) is 10.6 Å². The van der Waals surface area contributed by atoms with Crippen molar-refractivity contribution in [2.45, 2.75) is 6.54 Å². The number of aromatic amines is 1. The fourth-order valence-corrected chi connectivity index (χ4v) is 2.47. The summed E-state index contributed by atoms with van der Waals surface area (Å²) >= 11 is 0.991. The highest BCUT2D eigenvalue weighted by Gasteiger charge is 2.16. The number of imidazole rings is 1. The molecule has 0 aliphatic heterocycles. The highest BCUT2D eigenvalue weighted by molar-refractivity contribution is 7.07. The maximum absolute atomic E-state index is 13.8. The van der Waals surface area contributed by atoms with E-state index in [1.54, 1.807) is 5.38 Å². The summed E-state index contributed by atoms with van der Waals surface area (Å²) in [5, 5.41) is 1.60. The van der Waals surface area contributed by atoms with Gasteiger partial charge >= 0.3 is 4.87 Å². The molecule has 0 radical (unpaired) electrons. The van der Waals surface area contributed by atoms with E-state index in [0.717, 1.165) is 17.4 Å². The van der Waals surface area contributed by atoms with Crippen molar-refractivity contribution in [2.75, 3.05) is 5.73 Å². The van der Waals surface area contributed by atoms with Gasteiger partial charge in [0.05, 0.1) is 12.1 Å². The van der Waals surface area contributed by atoms with E-state index < -0.39 is 11.6 Å². The first-order valence-corrected chi connectivity index (χ1v) is 6.20. The van der Waals surface area contributed by atoms with Gasteiger partial charge in [-0.2, -0.15) is 0 Å². The molecule has 5 nitrogen and oxygen atoms in total. The fraction of sp³-hybridized carbons (Fsp3) is 0.0909. The lowest BCUT2D eigenvalue weighted by Gasteiger charge is -2.05. The fourth-order valence-electron chi connectivity index (χ4n) is 1.90. The van der Waals surface area contributed by atoms with Crippen LogP contribution in [0.4, 0.5) is 14.7 Å². The van der Waals surface area contributed by atoms with Crippen molar-refractivity contribution in [3.8, 4) is 0 Å². The van der Waals surface area contributed by atoms with Crippen LogP contribution in [0.25, 0.3) is 11.0 Å². The SMILES string of the molecule is Nc1nc2ccc(F)c(F)c2n1Cc1csc(=O)[nH]1. The molecule has 19 heavy (non-hydrogen) atoms. The molecule has 3 N–H and O–H groups in total. The number of aromatic nitrogens is 3. The molecule has 1 aromatic carbocycles. The summed E-state index contributed by atoms with van der Waals surface area (Å²) < 4.78 is 28.4. The highest BCUT2D eigenvalue weighted by atomic mass is 32.1. The van der Waals surface area contributed by atoms with Gasteiger partial charge in [0.2, 0.25) is 5.95 Å². The molecule has 3 rings (SSSR count). The Bertz CT molecular complexity index is 820. The molecule has 0 aliphatic rings. The number of hydrogen-bond acceptors (Lipinski definition) is 4. The van der Waals surface area contributed by atoms with Crippen molar-refractivity contribution in [1.82, 2.24) is 14.5 Å². The summed E-state index contributed by atoms with van der Waals surface area (Å²) in [5.41, 5.74) is 6.52. The molecular weight excluding hydrogens is 274 g/mol. The molecule has 98 valence electrons. The standard InChI is InChI=1S/C11H8F2N4OS/c12-6-1-2-7-9(8(6)13)17(10(14)16-7)3-5-4-19-11(18)15-5/h1-2,4H,3H2,(H2,14,16)(H,15,18). The molecular formula is C11H8F2N4OS. The number of nitrogens with zero attached hydrogens (tertiary/aromatic N) is 2. The van der Waals surface area contributed by atoms with E-state index >= 15 is 0 Å². The number of hydrogen-bond donors (Lipinski definition) is 2. The van der Waals surface area contributed by atoms with Gasteiger partial charge in [0, 0.05) is 11.1 Å². The minimum atomic E-state index is -1.00. The van der Waals surface area contributed by atoms with Gasteiger partial charge in [-0.25, -0.2) is 13.8 Å². The second-order valence-corrected chi connectivity index (χ2v) is 4.80. The Balaban J connectivity index is 2.19. The molecule has 0 atom stereocenters. The third kappa shape index (κ3) is 1.89. The maximum atomic E-state index is 13.8. The van der Waals surface area contributed by atoms with Crippen LogP contribution in [-0.4, -0.2) is 14.5 Å². The number of benzene rings is 1. The normalized spacial score (nSPS) is 11.3. The van der Waals surface area contributed by atoms with Gasteiger partial charge in [-0.15, -0.1) is 0 Å². The van der Waals surface area contributed by atoms with Crippen molar-refractivity contribution in [2.24, 2.45) is 0 Å². The number of nitrogen functional groups attached to an aromatic ring is 1. The number of halogens is 2. The Morgan fingerprint density at radius 2 is 2.21 bits per heavy atom. The molecule has 3 aromatic rings. The number of nitrogens with one attached hydrogen (secondary N) is 1. The third-order valence-corrected chi connectivity index (χ3v) is 3.45. The summed E-state index contributed by atoms with van der Waals surface area (Å²) in [6, 6.07) is 2.36. The molecule has 0 saturated carbocycles. The molecule has 0 fully saturated rings. The Morgan fingerprint density at radius 1 is 1.42 bits per heavy atom. The van der Waals surface area contributed by atoms with E-state index in [2.05, 4.69) is 9.97 Å². The molecule has 0 unspecified atom stereocenters. The van der Waals surface area contributed by atoms with Crippen LogP contribution in [0.3, 0.4) is 0 Å². The lowest BCUT2D eigenvalue weighted by Crippen LogP contribution is -2.07. The van der Waals surface area contributed by atoms with Crippen molar-refractivity contribution < 1.29 is 8.78 Å². The predicted molar refractivity (Wildman–Crippen MR) is 68.1 cm³/mol. The summed E-state index contributed by atoms with van der Waals surface area (Å²) in [4.78, 5) is 17.4. The minimum Gasteiger partial charge on any atom is -0.369 e. The van der Waals surface area contributed by atoms with Crippen LogP contribution in [-0.2, 0) is 6.54 Å². The van der Waals surface area contributed by atoms with Crippen molar-refractivity contribution in [3.05, 3.63) is 44.5 Å². The molecule has 0 spiro atoms. The average Bonchev–Trinajstić information content (AvgIpc) is 2.90. The zero-order valence-corrected chi connectivity index (χ0v) is 10.3. The van der Waals surface area contributed by atoms with Crippen molar-refractivity contribution in [1.29, 1.82) is 0 Å². The topological polar surface area (TPSA) is 76.7 Å². The zero-order valence-electron chi connectivity index (χ0n) is 9.48. The first kappa shape index (κ1) is 11.8. The second-order valence-electron chi connectivity index (χ2n) is 3.96. The molecule has 2 heterocycles. The highest BCUT2D eigenvalue weighted by Crippen LogP contribution is 2.23. The van der Waals surface area contributed by atoms with Crippen LogP contribution in [0, 0.1) is 11.6 Å². The average molecular weight is 282 g/mol. The summed E-state index contributed by atoms with van der Waals surface area (Å²) in [7, 11) is 0. The lowest BCUT2D eigenvalue weighted by molar-refractivity contribution is 0.512. The van der Waals surface area contributed by atoms with Gasteiger partial charge in [-0.3, -0.25) is 4.79 Å². The zero-order chi connectivity index (χ0) is 13.6. The van der Waals surface area contributed by atoms with Crippen molar-refractivity contribution in [3.63, 3.8) is 0 Å². The maximum Gasteiger partial charge on any atom is 0.304 e. The van der Waals surface area contributed by atoms with E-state index in [9.17, 15) is 13.6 Å². The number of fused-ring (bicyclic) bond motifs is 1. The van der Waals surface area contributed by atoms with Gasteiger partial charge in [-0.05, 0) is 12.1 Å². The Labute approximate surface area is 109 Å². The summed E-state index contributed by atoms with van der Waals surface area (Å²) in [5.74, 6) is -1.90. The first-order chi connectivity index (χ1) is 9.06. The predicted octanol–water partition coefficient (Wildman–Crippen LogP) is 1.69. The second kappa shape index (κ2) is 4.16. The van der Waals surface area contributed by atoms with Gasteiger partial charge in [-0.1, -0.05) is 11.3 Å². The number of rotatable bonds is 2. The number of H-pyrrole nitrogens is 1. The largest absolute Gasteiger partial charge is 0.369 e. The van der Waals surface area contributed by atoms with Crippen LogP contribution < -0.4 is 10.6 Å². The number of nitrogens with two attached hydrogens (primary N) is 1. The molecule has 0 aliphatic carbocycles. The van der Waals surface area contributed by atoms with Gasteiger partial charge < -0.3 is 15.3 Å². The van der Waals surface area contributed by atoms with Crippen LogP contribution in [0.15, 0.2) is 22.3 Å². The molecule has 0 saturated heterocycles. The van der Waals surface area contributed by atoms with Crippen LogP contribution in [0.1, 0.15) is 5.69 Å². The van der Waals surface area contributed by atoms with Gasteiger partial charge in [0.1, 0.15) is 5.52 Å². The van der Waals surface area contributed by atoms with E-state index in [1.807, 2.05) is 0 Å². The van der Waals surface area contributed by atoms with E-state index in [4.69, 9.17) is 5.73 Å². The molecule has 0 amide bonds. The van der Waals surface area contributed by atoms with Crippen LogP contribution >= 0.6 is 11.3 Å².